The molecule has 0 bridgehead atoms. The van der Waals surface area contributed by atoms with Crippen molar-refractivity contribution in [1.29, 1.82) is 0 Å². The maximum Gasteiger partial charge on any atom is 0.229 e. The van der Waals surface area contributed by atoms with Crippen molar-refractivity contribution in [1.82, 2.24) is 4.98 Å². The van der Waals surface area contributed by atoms with Crippen molar-refractivity contribution < 1.29 is 4.79 Å². The molecule has 1 aromatic carbocycles. The number of thiazole rings is 1. The van der Waals surface area contributed by atoms with Crippen LogP contribution < -0.4 is 4.90 Å². The van der Waals surface area contributed by atoms with Crippen LogP contribution in [-0.2, 0) is 17.6 Å². The molecule has 0 spiro atoms. The Morgan fingerprint density at radius 2 is 2.08 bits per heavy atom. The van der Waals surface area contributed by atoms with Gasteiger partial charge in [0, 0.05) is 17.8 Å². The molecule has 3 nitrogen and oxygen atoms in total. The number of benzene rings is 1. The Morgan fingerprint density at radius 3 is 2.79 bits per heavy atom. The van der Waals surface area contributed by atoms with Crippen LogP contribution in [0.2, 0.25) is 0 Å². The summed E-state index contributed by atoms with van der Waals surface area (Å²) < 4.78 is 0. The van der Waals surface area contributed by atoms with Crippen molar-refractivity contribution in [3.63, 3.8) is 0 Å². The molecule has 1 heterocycles. The van der Waals surface area contributed by atoms with E-state index in [9.17, 15) is 4.79 Å². The van der Waals surface area contributed by atoms with E-state index in [1.54, 1.807) is 22.3 Å². The summed E-state index contributed by atoms with van der Waals surface area (Å²) in [5, 5.41) is 0.840. The van der Waals surface area contributed by atoms with Crippen LogP contribution in [-0.4, -0.2) is 17.4 Å². The molecule has 1 amide bonds. The van der Waals surface area contributed by atoms with Gasteiger partial charge in [-0.2, -0.15) is 0 Å². The number of amides is 1. The molecular weight excluding hydrogens is 316 g/mol. The molecule has 3 rings (SSSR count). The van der Waals surface area contributed by atoms with Crippen molar-refractivity contribution in [2.45, 2.75) is 44.9 Å². The second-order valence-electron chi connectivity index (χ2n) is 6.38. The van der Waals surface area contributed by atoms with Crippen molar-refractivity contribution in [3.05, 3.63) is 59.1 Å². The summed E-state index contributed by atoms with van der Waals surface area (Å²) in [6.45, 7) is 6.43. The zero-order valence-electron chi connectivity index (χ0n) is 14.2. The highest BCUT2D eigenvalue weighted by molar-refractivity contribution is 7.16. The van der Waals surface area contributed by atoms with Gasteiger partial charge in [-0.1, -0.05) is 43.3 Å². The van der Waals surface area contributed by atoms with E-state index in [4.69, 9.17) is 4.98 Å². The fourth-order valence-corrected chi connectivity index (χ4v) is 4.32. The van der Waals surface area contributed by atoms with Gasteiger partial charge in [0.1, 0.15) is 0 Å². The minimum atomic E-state index is 0.123. The van der Waals surface area contributed by atoms with Crippen molar-refractivity contribution in [2.24, 2.45) is 0 Å². The van der Waals surface area contributed by atoms with Gasteiger partial charge in [0.2, 0.25) is 5.91 Å². The summed E-state index contributed by atoms with van der Waals surface area (Å²) in [5.74, 6) is 0.318. The molecule has 0 saturated carbocycles. The minimum Gasteiger partial charge on any atom is -0.284 e. The van der Waals surface area contributed by atoms with Crippen molar-refractivity contribution >= 4 is 22.4 Å². The first-order valence-corrected chi connectivity index (χ1v) is 9.45. The Labute approximate surface area is 148 Å². The van der Waals surface area contributed by atoms with E-state index >= 15 is 0 Å². The second kappa shape index (κ2) is 7.75. The number of carbonyl (C=O) groups excluding carboxylic acids is 1. The van der Waals surface area contributed by atoms with Gasteiger partial charge in [0.25, 0.3) is 0 Å². The highest BCUT2D eigenvalue weighted by atomic mass is 32.1. The predicted molar refractivity (Wildman–Crippen MR) is 101 cm³/mol. The van der Waals surface area contributed by atoms with E-state index in [-0.39, 0.29) is 11.8 Å². The van der Waals surface area contributed by atoms with Crippen LogP contribution in [0, 0.1) is 0 Å². The van der Waals surface area contributed by atoms with E-state index in [0.29, 0.717) is 13.0 Å². The molecule has 4 heteroatoms. The number of carbonyl (C=O) groups is 1. The van der Waals surface area contributed by atoms with Gasteiger partial charge >= 0.3 is 0 Å². The normalized spacial score (nSPS) is 14.7. The van der Waals surface area contributed by atoms with Crippen LogP contribution in [0.1, 0.15) is 48.2 Å². The number of hydrogen-bond acceptors (Lipinski definition) is 3. The van der Waals surface area contributed by atoms with Gasteiger partial charge in [0.05, 0.1) is 5.69 Å². The summed E-state index contributed by atoms with van der Waals surface area (Å²) in [7, 11) is 0. The number of aromatic nitrogens is 1. The summed E-state index contributed by atoms with van der Waals surface area (Å²) in [6.07, 6.45) is 6.85. The molecule has 24 heavy (non-hydrogen) atoms. The summed E-state index contributed by atoms with van der Waals surface area (Å²) in [6, 6.07) is 10.2. The van der Waals surface area contributed by atoms with Gasteiger partial charge in [-0.15, -0.1) is 17.9 Å². The molecule has 0 N–H and O–H groups in total. The molecule has 1 unspecified atom stereocenters. The minimum absolute atomic E-state index is 0.123. The van der Waals surface area contributed by atoms with Crippen LogP contribution in [0.25, 0.3) is 0 Å². The molecule has 1 atom stereocenters. The molecule has 2 aromatic rings. The Bertz CT molecular complexity index is 684. The zero-order chi connectivity index (χ0) is 16.9. The lowest BCUT2D eigenvalue weighted by atomic mass is 9.97. The van der Waals surface area contributed by atoms with Crippen LogP contribution in [0.4, 0.5) is 5.13 Å². The Hall–Kier alpha value is -1.94. The Kier molecular flexibility index (Phi) is 5.46. The highest BCUT2D eigenvalue weighted by Crippen LogP contribution is 2.32. The number of aryl methyl sites for hydroxylation is 2. The lowest BCUT2D eigenvalue weighted by molar-refractivity contribution is -0.118. The van der Waals surface area contributed by atoms with Crippen LogP contribution >= 0.6 is 11.3 Å². The quantitative estimate of drug-likeness (QED) is 0.712. The first-order chi connectivity index (χ1) is 11.7. The maximum atomic E-state index is 12.9. The number of rotatable bonds is 6. The number of fused-ring (bicyclic) bond motifs is 1. The molecule has 0 saturated heterocycles. The summed E-state index contributed by atoms with van der Waals surface area (Å²) in [4.78, 5) is 20.8. The third kappa shape index (κ3) is 3.75. The molecule has 1 aliphatic rings. The van der Waals surface area contributed by atoms with Crippen LogP contribution in [0.3, 0.4) is 0 Å². The maximum absolute atomic E-state index is 12.9. The first kappa shape index (κ1) is 16.9. The zero-order valence-corrected chi connectivity index (χ0v) is 15.0. The standard InChI is InChI=1S/C20H24N2OS/c1-3-13-22(20-21-17-11-7-8-12-18(17)24-20)19(23)14-15(2)16-9-5-4-6-10-16/h3-6,9-10,15H,1,7-8,11-14H2,2H3. The third-order valence-corrected chi connectivity index (χ3v) is 5.71. The van der Waals surface area contributed by atoms with E-state index < -0.39 is 0 Å². The highest BCUT2D eigenvalue weighted by Gasteiger charge is 2.23. The van der Waals surface area contributed by atoms with Crippen LogP contribution in [0.15, 0.2) is 43.0 Å². The number of anilines is 1. The SMILES string of the molecule is C=CCN(C(=O)CC(C)c1ccccc1)c1nc2c(s1)CCCC2. The topological polar surface area (TPSA) is 33.2 Å². The van der Waals surface area contributed by atoms with Crippen molar-refractivity contribution in [3.8, 4) is 0 Å². The first-order valence-electron chi connectivity index (χ1n) is 8.64. The Balaban J connectivity index is 1.76. The third-order valence-electron chi connectivity index (χ3n) is 4.53. The molecule has 1 aliphatic carbocycles. The van der Waals surface area contributed by atoms with Crippen LogP contribution in [0.5, 0.6) is 0 Å². The molecule has 126 valence electrons. The van der Waals surface area contributed by atoms with E-state index in [1.807, 2.05) is 18.2 Å². The lowest BCUT2D eigenvalue weighted by Crippen LogP contribution is -2.31. The largest absolute Gasteiger partial charge is 0.284 e. The monoisotopic (exact) mass is 340 g/mol. The lowest BCUT2D eigenvalue weighted by Gasteiger charge is -2.20. The van der Waals surface area contributed by atoms with Gasteiger partial charge in [-0.05, 0) is 37.2 Å². The predicted octanol–water partition coefficient (Wildman–Crippen LogP) is 4.73. The van der Waals surface area contributed by atoms with E-state index in [0.717, 1.165) is 18.0 Å². The van der Waals surface area contributed by atoms with Gasteiger partial charge in [-0.25, -0.2) is 4.98 Å². The second-order valence-corrected chi connectivity index (χ2v) is 7.44. The van der Waals surface area contributed by atoms with Gasteiger partial charge < -0.3 is 0 Å². The fraction of sp³-hybridized carbons (Fsp3) is 0.400. The molecule has 1 aromatic heterocycles. The molecule has 0 aliphatic heterocycles. The average Bonchev–Trinajstić information content (AvgIpc) is 3.03. The Morgan fingerprint density at radius 1 is 1.33 bits per heavy atom. The molecular formula is C20H24N2OS. The van der Waals surface area contributed by atoms with E-state index in [1.165, 1.54) is 29.0 Å². The van der Waals surface area contributed by atoms with E-state index in [2.05, 4.69) is 25.6 Å². The van der Waals surface area contributed by atoms with Gasteiger partial charge in [0.15, 0.2) is 5.13 Å². The smallest absolute Gasteiger partial charge is 0.229 e. The summed E-state index contributed by atoms with van der Waals surface area (Å²) >= 11 is 1.68. The summed E-state index contributed by atoms with van der Waals surface area (Å²) in [5.41, 5.74) is 2.39. The number of hydrogen-bond donors (Lipinski definition) is 0. The average molecular weight is 340 g/mol. The molecule has 0 fully saturated rings. The molecule has 0 radical (unpaired) electrons. The van der Waals surface area contributed by atoms with Gasteiger partial charge in [-0.3, -0.25) is 9.69 Å². The number of nitrogens with zero attached hydrogens (tertiary/aromatic N) is 2. The van der Waals surface area contributed by atoms with Crippen molar-refractivity contribution in [2.75, 3.05) is 11.4 Å². The fourth-order valence-electron chi connectivity index (χ4n) is 3.14.